The Morgan fingerprint density at radius 3 is 2.25 bits per heavy atom. The third-order valence-corrected chi connectivity index (χ3v) is 6.85. The highest BCUT2D eigenvalue weighted by Gasteiger charge is 2.21. The lowest BCUT2D eigenvalue weighted by atomic mass is 10.2. The van der Waals surface area contributed by atoms with Crippen molar-refractivity contribution in [3.63, 3.8) is 0 Å². The Hall–Kier alpha value is -2.71. The number of nitrogens with zero attached hydrogens (tertiary/aromatic N) is 1. The summed E-state index contributed by atoms with van der Waals surface area (Å²) in [7, 11) is -3.79. The Labute approximate surface area is 168 Å². The van der Waals surface area contributed by atoms with Crippen LogP contribution in [-0.2, 0) is 10.0 Å². The van der Waals surface area contributed by atoms with Crippen LogP contribution >= 0.6 is 11.3 Å². The van der Waals surface area contributed by atoms with Crippen LogP contribution in [0.3, 0.4) is 0 Å². The van der Waals surface area contributed by atoms with E-state index in [1.807, 2.05) is 44.2 Å². The molecular weight excluding hydrogens is 394 g/mol. The maximum absolute atomic E-state index is 12.7. The SMILES string of the molecule is Cc1ccc(NC(=O)c2sc(NS(=O)(=O)c3ccc(C)cc3C)nc2C)cc1. The zero-order chi connectivity index (χ0) is 20.5. The molecule has 0 fully saturated rings. The molecule has 0 aliphatic heterocycles. The minimum Gasteiger partial charge on any atom is -0.321 e. The van der Waals surface area contributed by atoms with Gasteiger partial charge < -0.3 is 5.32 Å². The summed E-state index contributed by atoms with van der Waals surface area (Å²) in [5, 5.41) is 2.96. The van der Waals surface area contributed by atoms with E-state index in [1.54, 1.807) is 26.0 Å². The summed E-state index contributed by atoms with van der Waals surface area (Å²) in [5.41, 5.74) is 3.86. The standard InChI is InChI=1S/C20H21N3O3S2/c1-12-5-8-16(9-6-12)22-19(24)18-15(4)21-20(27-18)23-28(25,26)17-10-7-13(2)11-14(17)3/h5-11H,1-4H3,(H,21,23)(H,22,24). The molecule has 0 atom stereocenters. The molecule has 0 bridgehead atoms. The molecule has 1 heterocycles. The van der Waals surface area contributed by atoms with Crippen molar-refractivity contribution in [2.24, 2.45) is 0 Å². The summed E-state index contributed by atoms with van der Waals surface area (Å²) >= 11 is 1.01. The molecule has 0 spiro atoms. The van der Waals surface area contributed by atoms with Gasteiger partial charge in [0.25, 0.3) is 15.9 Å². The quantitative estimate of drug-likeness (QED) is 0.645. The second-order valence-electron chi connectivity index (χ2n) is 6.63. The summed E-state index contributed by atoms with van der Waals surface area (Å²) in [6.45, 7) is 7.29. The number of carbonyl (C=O) groups is 1. The van der Waals surface area contributed by atoms with Crippen LogP contribution in [0.2, 0.25) is 0 Å². The number of aromatic nitrogens is 1. The number of aryl methyl sites for hydroxylation is 4. The van der Waals surface area contributed by atoms with E-state index in [9.17, 15) is 13.2 Å². The monoisotopic (exact) mass is 415 g/mol. The number of carbonyl (C=O) groups excluding carboxylic acids is 1. The van der Waals surface area contributed by atoms with Crippen LogP contribution in [0.15, 0.2) is 47.4 Å². The van der Waals surface area contributed by atoms with Gasteiger partial charge in [-0.1, -0.05) is 46.7 Å². The van der Waals surface area contributed by atoms with Crippen molar-refractivity contribution in [2.75, 3.05) is 10.0 Å². The Morgan fingerprint density at radius 1 is 0.964 bits per heavy atom. The molecule has 0 aliphatic rings. The first-order valence-corrected chi connectivity index (χ1v) is 10.9. The molecule has 0 unspecified atom stereocenters. The molecule has 3 aromatic rings. The minimum absolute atomic E-state index is 0.159. The predicted octanol–water partition coefficient (Wildman–Crippen LogP) is 4.43. The highest BCUT2D eigenvalue weighted by molar-refractivity contribution is 7.93. The molecule has 2 aromatic carbocycles. The summed E-state index contributed by atoms with van der Waals surface area (Å²) in [4.78, 5) is 17.3. The van der Waals surface area contributed by atoms with Crippen LogP contribution in [0.4, 0.5) is 10.8 Å². The minimum atomic E-state index is -3.79. The number of nitrogens with one attached hydrogen (secondary N) is 2. The van der Waals surface area contributed by atoms with Gasteiger partial charge in [-0.25, -0.2) is 13.4 Å². The van der Waals surface area contributed by atoms with Gasteiger partial charge in [-0.05, 0) is 51.5 Å². The fourth-order valence-electron chi connectivity index (χ4n) is 2.75. The Morgan fingerprint density at radius 2 is 1.61 bits per heavy atom. The zero-order valence-electron chi connectivity index (χ0n) is 16.0. The van der Waals surface area contributed by atoms with Gasteiger partial charge in [0, 0.05) is 5.69 Å². The first kappa shape index (κ1) is 20.0. The largest absolute Gasteiger partial charge is 0.321 e. The summed E-state index contributed by atoms with van der Waals surface area (Å²) in [5.74, 6) is -0.323. The van der Waals surface area contributed by atoms with Crippen LogP contribution in [0.25, 0.3) is 0 Å². The smallest absolute Gasteiger partial charge is 0.267 e. The molecule has 146 valence electrons. The van der Waals surface area contributed by atoms with Gasteiger partial charge in [0.15, 0.2) is 5.13 Å². The molecule has 2 N–H and O–H groups in total. The summed E-state index contributed by atoms with van der Waals surface area (Å²) < 4.78 is 27.9. The third kappa shape index (κ3) is 4.40. The molecule has 1 amide bonds. The van der Waals surface area contributed by atoms with Crippen molar-refractivity contribution in [3.8, 4) is 0 Å². The van der Waals surface area contributed by atoms with Gasteiger partial charge in [0.1, 0.15) is 4.88 Å². The van der Waals surface area contributed by atoms with Gasteiger partial charge in [-0.3, -0.25) is 9.52 Å². The number of hydrogen-bond acceptors (Lipinski definition) is 5. The van der Waals surface area contributed by atoms with Gasteiger partial charge >= 0.3 is 0 Å². The average Bonchev–Trinajstić information content (AvgIpc) is 2.96. The molecule has 0 saturated carbocycles. The molecule has 0 saturated heterocycles. The van der Waals surface area contributed by atoms with E-state index in [1.165, 1.54) is 0 Å². The molecule has 0 radical (unpaired) electrons. The third-order valence-electron chi connectivity index (χ3n) is 4.15. The van der Waals surface area contributed by atoms with Crippen LogP contribution in [0.1, 0.15) is 32.1 Å². The van der Waals surface area contributed by atoms with Crippen LogP contribution in [-0.4, -0.2) is 19.3 Å². The Bertz CT molecular complexity index is 1130. The van der Waals surface area contributed by atoms with E-state index in [4.69, 9.17) is 0 Å². The van der Waals surface area contributed by atoms with Crippen molar-refractivity contribution < 1.29 is 13.2 Å². The van der Waals surface area contributed by atoms with Gasteiger partial charge in [-0.15, -0.1) is 0 Å². The van der Waals surface area contributed by atoms with Gasteiger partial charge in [0.2, 0.25) is 0 Å². The molecule has 1 aromatic heterocycles. The van der Waals surface area contributed by atoms with E-state index in [0.717, 1.165) is 22.5 Å². The molecule has 28 heavy (non-hydrogen) atoms. The van der Waals surface area contributed by atoms with Crippen LogP contribution < -0.4 is 10.0 Å². The van der Waals surface area contributed by atoms with Gasteiger partial charge in [-0.2, -0.15) is 0 Å². The fraction of sp³-hybridized carbons (Fsp3) is 0.200. The van der Waals surface area contributed by atoms with Crippen molar-refractivity contribution in [1.82, 2.24) is 4.98 Å². The summed E-state index contributed by atoms with van der Waals surface area (Å²) in [6, 6.07) is 12.5. The van der Waals surface area contributed by atoms with Crippen LogP contribution in [0, 0.1) is 27.7 Å². The van der Waals surface area contributed by atoms with E-state index in [0.29, 0.717) is 21.8 Å². The second kappa shape index (κ2) is 7.73. The number of rotatable bonds is 5. The maximum Gasteiger partial charge on any atom is 0.267 e. The predicted molar refractivity (Wildman–Crippen MR) is 113 cm³/mol. The molecule has 8 heteroatoms. The number of sulfonamides is 1. The van der Waals surface area contributed by atoms with E-state index in [2.05, 4.69) is 15.0 Å². The average molecular weight is 416 g/mol. The van der Waals surface area contributed by atoms with Crippen LogP contribution in [0.5, 0.6) is 0 Å². The van der Waals surface area contributed by atoms with Gasteiger partial charge in [0.05, 0.1) is 10.6 Å². The lowest BCUT2D eigenvalue weighted by Gasteiger charge is -2.08. The zero-order valence-corrected chi connectivity index (χ0v) is 17.7. The second-order valence-corrected chi connectivity index (χ2v) is 9.28. The van der Waals surface area contributed by atoms with E-state index >= 15 is 0 Å². The van der Waals surface area contributed by atoms with Crippen molar-refractivity contribution in [1.29, 1.82) is 0 Å². The number of amides is 1. The molecule has 3 rings (SSSR count). The summed E-state index contributed by atoms with van der Waals surface area (Å²) in [6.07, 6.45) is 0. The van der Waals surface area contributed by atoms with Crippen molar-refractivity contribution in [3.05, 3.63) is 69.7 Å². The van der Waals surface area contributed by atoms with Crippen molar-refractivity contribution >= 4 is 38.1 Å². The van der Waals surface area contributed by atoms with E-state index in [-0.39, 0.29) is 15.9 Å². The van der Waals surface area contributed by atoms with Crippen molar-refractivity contribution in [2.45, 2.75) is 32.6 Å². The Balaban J connectivity index is 1.81. The highest BCUT2D eigenvalue weighted by atomic mass is 32.2. The number of benzene rings is 2. The first-order chi connectivity index (χ1) is 13.2. The Kier molecular flexibility index (Phi) is 5.53. The normalized spacial score (nSPS) is 11.3. The maximum atomic E-state index is 12.7. The number of hydrogen-bond donors (Lipinski definition) is 2. The molecule has 0 aliphatic carbocycles. The topological polar surface area (TPSA) is 88.2 Å². The number of anilines is 2. The highest BCUT2D eigenvalue weighted by Crippen LogP contribution is 2.27. The molecule has 6 nitrogen and oxygen atoms in total. The van der Waals surface area contributed by atoms with E-state index < -0.39 is 10.0 Å². The molecular formula is C20H21N3O3S2. The lowest BCUT2D eigenvalue weighted by Crippen LogP contribution is -2.14. The number of thiazole rings is 1. The lowest BCUT2D eigenvalue weighted by molar-refractivity contribution is 0.103. The first-order valence-electron chi connectivity index (χ1n) is 8.61. The fourth-order valence-corrected chi connectivity index (χ4v) is 5.07.